The first-order valence-corrected chi connectivity index (χ1v) is 10.8. The third kappa shape index (κ3) is 4.02. The Morgan fingerprint density at radius 3 is 2.75 bits per heavy atom. The lowest BCUT2D eigenvalue weighted by Crippen LogP contribution is -2.37. The summed E-state index contributed by atoms with van der Waals surface area (Å²) in [5, 5.41) is 16.3. The maximum atomic E-state index is 8.62. The summed E-state index contributed by atoms with van der Waals surface area (Å²) >= 11 is 0. The van der Waals surface area contributed by atoms with Crippen LogP contribution >= 0.6 is 0 Å². The zero-order chi connectivity index (χ0) is 19.5. The minimum atomic E-state index is 0.299. The third-order valence-electron chi connectivity index (χ3n) is 6.51. The molecule has 2 aliphatic heterocycles. The molecule has 1 aromatic carbocycles. The lowest BCUT2D eigenvalue weighted by Gasteiger charge is -2.37. The second-order valence-electron chi connectivity index (χ2n) is 8.43. The Kier molecular flexibility index (Phi) is 5.85. The van der Waals surface area contributed by atoms with E-state index in [4.69, 9.17) is 10.1 Å². The number of piperidine rings is 1. The molecular weight excluding hydrogens is 350 g/mol. The van der Waals surface area contributed by atoms with Crippen molar-refractivity contribution < 1.29 is 4.74 Å². The van der Waals surface area contributed by atoms with E-state index >= 15 is 0 Å². The number of hydrogen-bond acceptors (Lipinski definition) is 6. The molecule has 28 heavy (non-hydrogen) atoms. The van der Waals surface area contributed by atoms with E-state index < -0.39 is 0 Å². The van der Waals surface area contributed by atoms with E-state index in [9.17, 15) is 0 Å². The molecule has 1 aliphatic carbocycles. The molecule has 2 heterocycles. The SMILES string of the molecule is CC1CCc2c(ccc(C(=N)/C=N\NC3CCNCC3)c2OC2CCC2)N1C. The van der Waals surface area contributed by atoms with Crippen molar-refractivity contribution in [2.45, 2.75) is 70.1 Å². The van der Waals surface area contributed by atoms with Gasteiger partial charge in [-0.15, -0.1) is 0 Å². The smallest absolute Gasteiger partial charge is 0.134 e. The highest BCUT2D eigenvalue weighted by atomic mass is 16.5. The lowest BCUT2D eigenvalue weighted by molar-refractivity contribution is 0.118. The van der Waals surface area contributed by atoms with E-state index in [0.717, 1.165) is 62.9 Å². The van der Waals surface area contributed by atoms with Crippen molar-refractivity contribution >= 4 is 17.6 Å². The molecule has 1 unspecified atom stereocenters. The van der Waals surface area contributed by atoms with E-state index in [1.165, 1.54) is 17.7 Å². The van der Waals surface area contributed by atoms with Gasteiger partial charge in [0.25, 0.3) is 0 Å². The summed E-state index contributed by atoms with van der Waals surface area (Å²) in [7, 11) is 2.16. The van der Waals surface area contributed by atoms with Gasteiger partial charge >= 0.3 is 0 Å². The summed E-state index contributed by atoms with van der Waals surface area (Å²) in [6, 6.07) is 5.12. The molecule has 6 heteroatoms. The quantitative estimate of drug-likeness (QED) is 0.521. The predicted molar refractivity (Wildman–Crippen MR) is 115 cm³/mol. The zero-order valence-electron chi connectivity index (χ0n) is 17.1. The van der Waals surface area contributed by atoms with Crippen LogP contribution in [0.15, 0.2) is 17.2 Å². The third-order valence-corrected chi connectivity index (χ3v) is 6.51. The number of fused-ring (bicyclic) bond motifs is 1. The molecule has 1 saturated heterocycles. The topological polar surface area (TPSA) is 72.7 Å². The molecular formula is C22H33N5O. The molecule has 1 saturated carbocycles. The van der Waals surface area contributed by atoms with Crippen LogP contribution in [0.25, 0.3) is 0 Å². The summed E-state index contributed by atoms with van der Waals surface area (Å²) in [5.41, 5.74) is 7.00. The monoisotopic (exact) mass is 383 g/mol. The van der Waals surface area contributed by atoms with E-state index in [2.05, 4.69) is 40.8 Å². The van der Waals surface area contributed by atoms with Crippen LogP contribution in [0.2, 0.25) is 0 Å². The standard InChI is InChI=1S/C22H33N5O/c1-15-6-7-19-21(27(15)2)9-8-18(22(19)28-17-4-3-5-17)20(23)14-25-26-16-10-12-24-13-11-16/h8-9,14-17,23-24,26H,3-7,10-13H2,1-2H3/b23-20?,25-14-. The Hall–Kier alpha value is -2.08. The highest BCUT2D eigenvalue weighted by molar-refractivity contribution is 6.37. The van der Waals surface area contributed by atoms with E-state index in [0.29, 0.717) is 23.9 Å². The van der Waals surface area contributed by atoms with Crippen LogP contribution in [0.1, 0.15) is 56.6 Å². The van der Waals surface area contributed by atoms with Crippen molar-refractivity contribution in [2.24, 2.45) is 5.10 Å². The van der Waals surface area contributed by atoms with Gasteiger partial charge in [-0.1, -0.05) is 0 Å². The van der Waals surface area contributed by atoms with Crippen LogP contribution in [0.4, 0.5) is 5.69 Å². The molecule has 0 spiro atoms. The average molecular weight is 384 g/mol. The Labute approximate surface area is 168 Å². The molecule has 1 aromatic rings. The van der Waals surface area contributed by atoms with Crippen LogP contribution in [0.3, 0.4) is 0 Å². The first-order chi connectivity index (χ1) is 13.6. The van der Waals surface area contributed by atoms with Crippen molar-refractivity contribution in [3.8, 4) is 5.75 Å². The maximum absolute atomic E-state index is 8.62. The minimum Gasteiger partial charge on any atom is -0.489 e. The Morgan fingerprint density at radius 1 is 1.25 bits per heavy atom. The van der Waals surface area contributed by atoms with Gasteiger partial charge in [-0.3, -0.25) is 5.41 Å². The molecule has 6 nitrogen and oxygen atoms in total. The van der Waals surface area contributed by atoms with Crippen LogP contribution in [0.5, 0.6) is 5.75 Å². The highest BCUT2D eigenvalue weighted by Crippen LogP contribution is 2.40. The van der Waals surface area contributed by atoms with Crippen LogP contribution < -0.4 is 20.4 Å². The molecule has 3 N–H and O–H groups in total. The summed E-state index contributed by atoms with van der Waals surface area (Å²) in [5.74, 6) is 0.916. The fraction of sp³-hybridized carbons (Fsp3) is 0.636. The van der Waals surface area contributed by atoms with Gasteiger partial charge in [-0.05, 0) is 77.1 Å². The van der Waals surface area contributed by atoms with Crippen molar-refractivity contribution in [2.75, 3.05) is 25.0 Å². The number of nitrogens with zero attached hydrogens (tertiary/aromatic N) is 2. The first-order valence-electron chi connectivity index (χ1n) is 10.8. The zero-order valence-corrected chi connectivity index (χ0v) is 17.1. The molecule has 0 radical (unpaired) electrons. The Balaban J connectivity index is 1.55. The number of ether oxygens (including phenoxy) is 1. The fourth-order valence-electron chi connectivity index (χ4n) is 4.20. The van der Waals surface area contributed by atoms with Crippen LogP contribution in [-0.4, -0.2) is 50.3 Å². The van der Waals surface area contributed by atoms with Gasteiger partial charge in [-0.25, -0.2) is 0 Å². The van der Waals surface area contributed by atoms with Gasteiger partial charge < -0.3 is 20.4 Å². The van der Waals surface area contributed by atoms with E-state index in [1.807, 2.05) is 6.07 Å². The normalized spacial score (nSPS) is 23.4. The largest absolute Gasteiger partial charge is 0.489 e. The number of anilines is 1. The second-order valence-corrected chi connectivity index (χ2v) is 8.43. The number of rotatable bonds is 6. The molecule has 4 rings (SSSR count). The Morgan fingerprint density at radius 2 is 2.04 bits per heavy atom. The molecule has 152 valence electrons. The van der Waals surface area contributed by atoms with Crippen molar-refractivity contribution in [3.05, 3.63) is 23.3 Å². The lowest BCUT2D eigenvalue weighted by atomic mass is 9.92. The summed E-state index contributed by atoms with van der Waals surface area (Å²) in [4.78, 5) is 2.34. The van der Waals surface area contributed by atoms with Gasteiger partial charge in [-0.2, -0.15) is 5.10 Å². The molecule has 1 atom stereocenters. The number of hydrazone groups is 1. The van der Waals surface area contributed by atoms with Gasteiger partial charge in [0.15, 0.2) is 0 Å². The number of nitrogens with one attached hydrogen (secondary N) is 3. The Bertz CT molecular complexity index is 737. The molecule has 0 bridgehead atoms. The summed E-state index contributed by atoms with van der Waals surface area (Å²) in [6.45, 7) is 4.33. The highest BCUT2D eigenvalue weighted by Gasteiger charge is 2.28. The molecule has 3 aliphatic rings. The average Bonchev–Trinajstić information content (AvgIpc) is 2.68. The van der Waals surface area contributed by atoms with Crippen molar-refractivity contribution in [3.63, 3.8) is 0 Å². The minimum absolute atomic E-state index is 0.299. The summed E-state index contributed by atoms with van der Waals surface area (Å²) in [6.07, 6.45) is 9.70. The van der Waals surface area contributed by atoms with E-state index in [-0.39, 0.29) is 0 Å². The number of benzene rings is 1. The van der Waals surface area contributed by atoms with Gasteiger partial charge in [0, 0.05) is 35.9 Å². The summed E-state index contributed by atoms with van der Waals surface area (Å²) < 4.78 is 6.42. The second kappa shape index (κ2) is 8.52. The first kappa shape index (κ1) is 19.2. The molecule has 0 amide bonds. The van der Waals surface area contributed by atoms with Gasteiger partial charge in [0.1, 0.15) is 5.75 Å². The van der Waals surface area contributed by atoms with Crippen molar-refractivity contribution in [1.82, 2.24) is 10.7 Å². The number of hydrogen-bond donors (Lipinski definition) is 3. The van der Waals surface area contributed by atoms with Crippen molar-refractivity contribution in [1.29, 1.82) is 5.41 Å². The van der Waals surface area contributed by atoms with Crippen LogP contribution in [-0.2, 0) is 6.42 Å². The van der Waals surface area contributed by atoms with Crippen LogP contribution in [0, 0.1) is 5.41 Å². The predicted octanol–water partition coefficient (Wildman–Crippen LogP) is 3.08. The molecule has 0 aromatic heterocycles. The van der Waals surface area contributed by atoms with Gasteiger partial charge in [0.05, 0.1) is 18.0 Å². The van der Waals surface area contributed by atoms with E-state index in [1.54, 1.807) is 6.21 Å². The molecule has 2 fully saturated rings. The van der Waals surface area contributed by atoms with Gasteiger partial charge in [0.2, 0.25) is 0 Å². The maximum Gasteiger partial charge on any atom is 0.134 e. The fourth-order valence-corrected chi connectivity index (χ4v) is 4.20.